The second-order valence-corrected chi connectivity index (χ2v) is 11.2. The lowest BCUT2D eigenvalue weighted by Crippen LogP contribution is -2.29. The van der Waals surface area contributed by atoms with Crippen LogP contribution in [0.2, 0.25) is 0 Å². The van der Waals surface area contributed by atoms with Gasteiger partial charge in [0.15, 0.2) is 17.4 Å². The number of hydrogen-bond donors (Lipinski definition) is 1. The lowest BCUT2D eigenvalue weighted by atomic mass is 9.86. The standard InChI is InChI=1S/C24H26F3N7O4S/c25-24(26,27)38-19-5-4-17(37-13-14-2-1-3-14)6-18(19)32-8-15-10-33(11-16(15)9-32)23-28-7-20(39-23)22-29-31-34(30-22)12-21(35)36/h4-7,14-16H,1-3,8-13H2,(H,35,36). The Labute approximate surface area is 225 Å². The maximum Gasteiger partial charge on any atom is 0.573 e. The first-order valence-electron chi connectivity index (χ1n) is 12.7. The molecule has 2 unspecified atom stereocenters. The molecule has 2 aliphatic heterocycles. The summed E-state index contributed by atoms with van der Waals surface area (Å²) in [6.07, 6.45) is 0.287. The van der Waals surface area contributed by atoms with Crippen LogP contribution in [0.1, 0.15) is 19.3 Å². The van der Waals surface area contributed by atoms with Crippen LogP contribution in [0.25, 0.3) is 10.7 Å². The van der Waals surface area contributed by atoms with E-state index in [2.05, 4.69) is 30.0 Å². The summed E-state index contributed by atoms with van der Waals surface area (Å²) >= 11 is 1.39. The minimum Gasteiger partial charge on any atom is -0.493 e. The number of alkyl halides is 3. The van der Waals surface area contributed by atoms with Crippen molar-refractivity contribution in [3.05, 3.63) is 24.4 Å². The molecule has 1 saturated carbocycles. The van der Waals surface area contributed by atoms with Gasteiger partial charge in [-0.1, -0.05) is 17.8 Å². The van der Waals surface area contributed by atoms with Crippen LogP contribution in [0.15, 0.2) is 24.4 Å². The smallest absolute Gasteiger partial charge is 0.493 e. The summed E-state index contributed by atoms with van der Waals surface area (Å²) in [5, 5.41) is 21.4. The number of fused-ring (bicyclic) bond motifs is 1. The number of halogens is 3. The summed E-state index contributed by atoms with van der Waals surface area (Å²) in [5.74, 6) is 0.567. The third-order valence-electron chi connectivity index (χ3n) is 7.41. The molecule has 1 aromatic carbocycles. The molecular weight excluding hydrogens is 539 g/mol. The van der Waals surface area contributed by atoms with Gasteiger partial charge in [0.1, 0.15) is 5.75 Å². The Morgan fingerprint density at radius 3 is 2.54 bits per heavy atom. The monoisotopic (exact) mass is 565 g/mol. The van der Waals surface area contributed by atoms with Gasteiger partial charge >= 0.3 is 12.3 Å². The molecule has 39 heavy (non-hydrogen) atoms. The zero-order valence-corrected chi connectivity index (χ0v) is 21.6. The minimum atomic E-state index is -4.79. The zero-order chi connectivity index (χ0) is 27.1. The summed E-state index contributed by atoms with van der Waals surface area (Å²) in [4.78, 5) is 21.2. The van der Waals surface area contributed by atoms with E-state index in [0.29, 0.717) is 60.8 Å². The number of rotatable bonds is 9. The predicted molar refractivity (Wildman–Crippen MR) is 134 cm³/mol. The molecule has 11 nitrogen and oxygen atoms in total. The SMILES string of the molecule is O=C(O)Cn1nnc(-c2cnc(N3CC4CN(c5cc(OCC6CCC6)ccc5OC(F)(F)F)CC4C3)s2)n1. The Hall–Kier alpha value is -3.62. The molecule has 2 aromatic heterocycles. The fourth-order valence-electron chi connectivity index (χ4n) is 5.31. The third-order valence-corrected chi connectivity index (χ3v) is 8.46. The van der Waals surface area contributed by atoms with Crippen molar-refractivity contribution in [2.45, 2.75) is 32.2 Å². The van der Waals surface area contributed by atoms with Crippen molar-refractivity contribution in [1.82, 2.24) is 25.2 Å². The van der Waals surface area contributed by atoms with Crippen molar-refractivity contribution in [3.63, 3.8) is 0 Å². The Bertz CT molecular complexity index is 1330. The van der Waals surface area contributed by atoms with Crippen LogP contribution in [0.3, 0.4) is 0 Å². The molecular formula is C24H26F3N7O4S. The molecule has 3 fully saturated rings. The Morgan fingerprint density at radius 2 is 1.87 bits per heavy atom. The average Bonchev–Trinajstić information content (AvgIpc) is 3.60. The number of nitrogens with zero attached hydrogens (tertiary/aromatic N) is 7. The number of hydrogen-bond acceptors (Lipinski definition) is 10. The third kappa shape index (κ3) is 5.72. The fraction of sp³-hybridized carbons (Fsp3) is 0.542. The van der Waals surface area contributed by atoms with Crippen LogP contribution in [0.4, 0.5) is 24.0 Å². The van der Waals surface area contributed by atoms with E-state index in [4.69, 9.17) is 9.84 Å². The molecule has 208 valence electrons. The molecule has 1 aliphatic carbocycles. The van der Waals surface area contributed by atoms with Gasteiger partial charge in [0.05, 0.1) is 23.4 Å². The molecule has 4 heterocycles. The molecule has 3 aliphatic rings. The highest BCUT2D eigenvalue weighted by atomic mass is 32.1. The number of anilines is 2. The highest BCUT2D eigenvalue weighted by Gasteiger charge is 2.42. The number of thiazole rings is 1. The van der Waals surface area contributed by atoms with Crippen LogP contribution in [-0.2, 0) is 11.3 Å². The lowest BCUT2D eigenvalue weighted by Gasteiger charge is -2.27. The second kappa shape index (κ2) is 10.2. The second-order valence-electron chi connectivity index (χ2n) is 10.2. The number of carboxylic acid groups (broad SMARTS) is 1. The molecule has 1 N–H and O–H groups in total. The molecule has 0 radical (unpaired) electrons. The number of aromatic nitrogens is 5. The number of tetrazole rings is 1. The van der Waals surface area contributed by atoms with E-state index >= 15 is 0 Å². The number of aliphatic carboxylic acids is 1. The van der Waals surface area contributed by atoms with Gasteiger partial charge in [-0.25, -0.2) is 4.98 Å². The van der Waals surface area contributed by atoms with Crippen molar-refractivity contribution >= 4 is 28.1 Å². The summed E-state index contributed by atoms with van der Waals surface area (Å²) in [6, 6.07) is 4.55. The van der Waals surface area contributed by atoms with E-state index in [1.165, 1.54) is 29.9 Å². The van der Waals surface area contributed by atoms with Gasteiger partial charge < -0.3 is 24.4 Å². The van der Waals surface area contributed by atoms with Crippen molar-refractivity contribution in [1.29, 1.82) is 0 Å². The highest BCUT2D eigenvalue weighted by molar-refractivity contribution is 7.18. The van der Waals surface area contributed by atoms with Gasteiger partial charge in [0, 0.05) is 44.1 Å². The molecule has 2 saturated heterocycles. The van der Waals surface area contributed by atoms with E-state index in [9.17, 15) is 18.0 Å². The molecule has 2 atom stereocenters. The van der Waals surface area contributed by atoms with Crippen molar-refractivity contribution < 1.29 is 32.5 Å². The number of ether oxygens (including phenoxy) is 2. The van der Waals surface area contributed by atoms with E-state index < -0.39 is 12.3 Å². The first-order valence-corrected chi connectivity index (χ1v) is 13.5. The zero-order valence-electron chi connectivity index (χ0n) is 20.8. The fourth-order valence-corrected chi connectivity index (χ4v) is 6.17. The molecule has 0 bridgehead atoms. The van der Waals surface area contributed by atoms with E-state index in [1.54, 1.807) is 12.3 Å². The van der Waals surface area contributed by atoms with Gasteiger partial charge in [0.25, 0.3) is 0 Å². The van der Waals surface area contributed by atoms with Gasteiger partial charge in [-0.3, -0.25) is 4.79 Å². The van der Waals surface area contributed by atoms with E-state index in [0.717, 1.165) is 22.8 Å². The molecule has 3 aromatic rings. The molecule has 15 heteroatoms. The lowest BCUT2D eigenvalue weighted by molar-refractivity contribution is -0.274. The Morgan fingerprint density at radius 1 is 1.13 bits per heavy atom. The molecule has 0 spiro atoms. The van der Waals surface area contributed by atoms with Crippen LogP contribution in [0, 0.1) is 17.8 Å². The summed E-state index contributed by atoms with van der Waals surface area (Å²) in [6.45, 7) is 2.78. The normalized spacial score (nSPS) is 21.2. The van der Waals surface area contributed by atoms with Crippen LogP contribution in [-0.4, -0.2) is 75.4 Å². The summed E-state index contributed by atoms with van der Waals surface area (Å²) < 4.78 is 49.7. The maximum atomic E-state index is 13.1. The van der Waals surface area contributed by atoms with E-state index in [-0.39, 0.29) is 24.1 Å². The van der Waals surface area contributed by atoms with Crippen molar-refractivity contribution in [2.24, 2.45) is 17.8 Å². The number of benzene rings is 1. The quantitative estimate of drug-likeness (QED) is 0.413. The number of carbonyl (C=O) groups is 1. The Kier molecular flexibility index (Phi) is 6.69. The van der Waals surface area contributed by atoms with Gasteiger partial charge in [-0.15, -0.1) is 23.4 Å². The average molecular weight is 566 g/mol. The summed E-state index contributed by atoms with van der Waals surface area (Å²) in [7, 11) is 0. The van der Waals surface area contributed by atoms with Crippen molar-refractivity contribution in [3.8, 4) is 22.2 Å². The first-order chi connectivity index (χ1) is 18.7. The van der Waals surface area contributed by atoms with Crippen molar-refractivity contribution in [2.75, 3.05) is 42.6 Å². The first kappa shape index (κ1) is 25.6. The molecule has 6 rings (SSSR count). The highest BCUT2D eigenvalue weighted by Crippen LogP contribution is 2.43. The predicted octanol–water partition coefficient (Wildman–Crippen LogP) is 3.53. The Balaban J connectivity index is 1.12. The van der Waals surface area contributed by atoms with Crippen LogP contribution in [0.5, 0.6) is 11.5 Å². The van der Waals surface area contributed by atoms with Gasteiger partial charge in [-0.05, 0) is 36.1 Å². The van der Waals surface area contributed by atoms with Crippen LogP contribution >= 0.6 is 11.3 Å². The van der Waals surface area contributed by atoms with Gasteiger partial charge in [0.2, 0.25) is 5.82 Å². The van der Waals surface area contributed by atoms with E-state index in [1.807, 2.05) is 4.90 Å². The van der Waals surface area contributed by atoms with Crippen LogP contribution < -0.4 is 19.3 Å². The minimum absolute atomic E-state index is 0.219. The maximum absolute atomic E-state index is 13.1. The summed E-state index contributed by atoms with van der Waals surface area (Å²) in [5.41, 5.74) is 0.395. The largest absolute Gasteiger partial charge is 0.573 e. The number of carboxylic acids is 1. The topological polar surface area (TPSA) is 119 Å². The van der Waals surface area contributed by atoms with Gasteiger partial charge in [-0.2, -0.15) is 4.80 Å². The molecule has 0 amide bonds.